The minimum atomic E-state index is -4.35. The van der Waals surface area contributed by atoms with E-state index in [-0.39, 0.29) is 5.88 Å². The summed E-state index contributed by atoms with van der Waals surface area (Å²) in [5.74, 6) is -0.00137. The van der Waals surface area contributed by atoms with Crippen molar-refractivity contribution in [3.05, 3.63) is 35.9 Å². The number of aryl methyl sites for hydroxylation is 1. The quantitative estimate of drug-likeness (QED) is 0.803. The number of fused-ring (bicyclic) bond motifs is 1. The maximum atomic E-state index is 12.0. The van der Waals surface area contributed by atoms with Crippen LogP contribution in [0.15, 0.2) is 30.3 Å². The first-order chi connectivity index (χ1) is 7.96. The van der Waals surface area contributed by atoms with Crippen molar-refractivity contribution in [1.29, 1.82) is 0 Å². The molecule has 5 heteroatoms. The van der Waals surface area contributed by atoms with E-state index in [0.29, 0.717) is 5.52 Å². The topological polar surface area (TPSA) is 22.1 Å². The average molecular weight is 241 g/mol. The number of alkyl halides is 3. The molecule has 2 rings (SSSR count). The van der Waals surface area contributed by atoms with Gasteiger partial charge in [-0.2, -0.15) is 13.2 Å². The van der Waals surface area contributed by atoms with Crippen LogP contribution >= 0.6 is 0 Å². The lowest BCUT2D eigenvalue weighted by molar-refractivity contribution is -0.154. The first-order valence-electron chi connectivity index (χ1n) is 5.02. The Morgan fingerprint density at radius 1 is 1.24 bits per heavy atom. The van der Waals surface area contributed by atoms with E-state index in [9.17, 15) is 13.2 Å². The van der Waals surface area contributed by atoms with E-state index < -0.39 is 12.8 Å². The largest absolute Gasteiger partial charge is 0.468 e. The molecule has 0 unspecified atom stereocenters. The Morgan fingerprint density at radius 2 is 1.94 bits per heavy atom. The molecule has 90 valence electrons. The Bertz CT molecular complexity index is 537. The molecule has 1 aromatic heterocycles. The van der Waals surface area contributed by atoms with Gasteiger partial charge in [-0.25, -0.2) is 4.98 Å². The van der Waals surface area contributed by atoms with Crippen LogP contribution in [0.1, 0.15) is 5.56 Å². The van der Waals surface area contributed by atoms with Crippen LogP contribution in [0.5, 0.6) is 5.88 Å². The zero-order valence-electron chi connectivity index (χ0n) is 9.08. The molecule has 1 heterocycles. The lowest BCUT2D eigenvalue weighted by atomic mass is 10.1. The number of benzene rings is 1. The number of hydrogen-bond acceptors (Lipinski definition) is 2. The number of nitrogens with zero attached hydrogens (tertiary/aromatic N) is 1. The van der Waals surface area contributed by atoms with Gasteiger partial charge in [0.1, 0.15) is 0 Å². The smallest absolute Gasteiger partial charge is 0.422 e. The van der Waals surface area contributed by atoms with Crippen molar-refractivity contribution < 1.29 is 17.9 Å². The van der Waals surface area contributed by atoms with E-state index in [4.69, 9.17) is 0 Å². The third-order valence-electron chi connectivity index (χ3n) is 2.28. The van der Waals surface area contributed by atoms with E-state index in [2.05, 4.69) is 9.72 Å². The van der Waals surface area contributed by atoms with E-state index in [1.54, 1.807) is 12.1 Å². The van der Waals surface area contributed by atoms with Crippen LogP contribution in [0.3, 0.4) is 0 Å². The minimum absolute atomic E-state index is 0.00137. The molecule has 0 N–H and O–H groups in total. The highest BCUT2D eigenvalue weighted by Gasteiger charge is 2.28. The highest BCUT2D eigenvalue weighted by atomic mass is 19.4. The molecule has 0 aliphatic heterocycles. The molecule has 0 saturated carbocycles. The number of aromatic nitrogens is 1. The highest BCUT2D eigenvalue weighted by molar-refractivity contribution is 5.82. The fourth-order valence-electron chi connectivity index (χ4n) is 1.55. The summed E-state index contributed by atoms with van der Waals surface area (Å²) in [4.78, 5) is 4.02. The Labute approximate surface area is 96.0 Å². The molecule has 2 nitrogen and oxygen atoms in total. The van der Waals surface area contributed by atoms with Crippen LogP contribution in [0.2, 0.25) is 0 Å². The zero-order valence-corrected chi connectivity index (χ0v) is 9.08. The third kappa shape index (κ3) is 2.87. The summed E-state index contributed by atoms with van der Waals surface area (Å²) >= 11 is 0. The van der Waals surface area contributed by atoms with E-state index in [0.717, 1.165) is 10.9 Å². The predicted octanol–water partition coefficient (Wildman–Crippen LogP) is 3.48. The summed E-state index contributed by atoms with van der Waals surface area (Å²) in [5, 5.41) is 0.909. The van der Waals surface area contributed by atoms with Crippen LogP contribution < -0.4 is 4.74 Å². The van der Waals surface area contributed by atoms with Gasteiger partial charge in [0, 0.05) is 11.5 Å². The van der Waals surface area contributed by atoms with Gasteiger partial charge < -0.3 is 4.74 Å². The number of pyridine rings is 1. The fourth-order valence-corrected chi connectivity index (χ4v) is 1.55. The highest BCUT2D eigenvalue weighted by Crippen LogP contribution is 2.23. The first kappa shape index (κ1) is 11.7. The third-order valence-corrected chi connectivity index (χ3v) is 2.28. The Balaban J connectivity index is 2.31. The summed E-state index contributed by atoms with van der Waals surface area (Å²) in [6.45, 7) is 0.488. The van der Waals surface area contributed by atoms with Gasteiger partial charge in [0.2, 0.25) is 5.88 Å². The lowest BCUT2D eigenvalue weighted by Crippen LogP contribution is -2.19. The molecule has 0 fully saturated rings. The number of hydrogen-bond donors (Lipinski definition) is 0. The second-order valence-corrected chi connectivity index (χ2v) is 3.70. The van der Waals surface area contributed by atoms with Crippen molar-refractivity contribution in [1.82, 2.24) is 4.98 Å². The van der Waals surface area contributed by atoms with Crippen LogP contribution in [-0.2, 0) is 0 Å². The van der Waals surface area contributed by atoms with Crippen molar-refractivity contribution in [3.63, 3.8) is 0 Å². The molecular formula is C12H10F3NO. The summed E-state index contributed by atoms with van der Waals surface area (Å²) < 4.78 is 40.6. The molecule has 0 spiro atoms. The van der Waals surface area contributed by atoms with E-state index >= 15 is 0 Å². The fraction of sp³-hybridized carbons (Fsp3) is 0.250. The molecular weight excluding hydrogens is 231 g/mol. The van der Waals surface area contributed by atoms with Gasteiger partial charge in [0.25, 0.3) is 0 Å². The van der Waals surface area contributed by atoms with Gasteiger partial charge in [-0.05, 0) is 18.6 Å². The molecule has 0 radical (unpaired) electrons. The van der Waals surface area contributed by atoms with Crippen LogP contribution in [0, 0.1) is 6.92 Å². The molecule has 0 amide bonds. The molecule has 0 aliphatic carbocycles. The van der Waals surface area contributed by atoms with Gasteiger partial charge in [0.05, 0.1) is 5.52 Å². The second kappa shape index (κ2) is 4.24. The van der Waals surface area contributed by atoms with Crippen molar-refractivity contribution in [2.24, 2.45) is 0 Å². The zero-order chi connectivity index (χ0) is 12.5. The van der Waals surface area contributed by atoms with Crippen molar-refractivity contribution in [2.75, 3.05) is 6.61 Å². The lowest BCUT2D eigenvalue weighted by Gasteiger charge is -2.10. The molecule has 17 heavy (non-hydrogen) atoms. The maximum absolute atomic E-state index is 12.0. The second-order valence-electron chi connectivity index (χ2n) is 3.70. The maximum Gasteiger partial charge on any atom is 0.422 e. The monoisotopic (exact) mass is 241 g/mol. The van der Waals surface area contributed by atoms with Crippen molar-refractivity contribution in [2.45, 2.75) is 13.1 Å². The van der Waals surface area contributed by atoms with Crippen LogP contribution in [0.25, 0.3) is 10.9 Å². The van der Waals surface area contributed by atoms with Gasteiger partial charge in [-0.3, -0.25) is 0 Å². The number of para-hydroxylation sites is 1. The molecule has 0 saturated heterocycles. The number of ether oxygens (including phenoxy) is 1. The molecule has 0 atom stereocenters. The van der Waals surface area contributed by atoms with Crippen molar-refractivity contribution in [3.8, 4) is 5.88 Å². The molecule has 2 aromatic rings. The van der Waals surface area contributed by atoms with Crippen LogP contribution in [0.4, 0.5) is 13.2 Å². The van der Waals surface area contributed by atoms with E-state index in [1.807, 2.05) is 19.1 Å². The summed E-state index contributed by atoms with van der Waals surface area (Å²) in [7, 11) is 0. The van der Waals surface area contributed by atoms with E-state index in [1.165, 1.54) is 6.07 Å². The Hall–Kier alpha value is -1.78. The van der Waals surface area contributed by atoms with Gasteiger partial charge in [-0.15, -0.1) is 0 Å². The van der Waals surface area contributed by atoms with Gasteiger partial charge in [0.15, 0.2) is 6.61 Å². The minimum Gasteiger partial charge on any atom is -0.468 e. The molecule has 1 aromatic carbocycles. The first-order valence-corrected chi connectivity index (χ1v) is 5.02. The normalized spacial score (nSPS) is 11.8. The van der Waals surface area contributed by atoms with Gasteiger partial charge in [-0.1, -0.05) is 18.2 Å². The Kier molecular flexibility index (Phi) is 2.92. The Morgan fingerprint density at radius 3 is 2.65 bits per heavy atom. The average Bonchev–Trinajstić information content (AvgIpc) is 2.26. The summed E-state index contributed by atoms with van der Waals surface area (Å²) in [5.41, 5.74) is 1.47. The van der Waals surface area contributed by atoms with Gasteiger partial charge >= 0.3 is 6.18 Å². The summed E-state index contributed by atoms with van der Waals surface area (Å²) in [6, 6.07) is 8.75. The summed E-state index contributed by atoms with van der Waals surface area (Å²) in [6.07, 6.45) is -4.35. The standard InChI is InChI=1S/C12H10F3NO/c1-8-6-11(17-7-12(13,14)15)16-10-5-3-2-4-9(8)10/h2-6H,7H2,1H3. The predicted molar refractivity (Wildman–Crippen MR) is 58.0 cm³/mol. The SMILES string of the molecule is Cc1cc(OCC(F)(F)F)nc2ccccc12. The van der Waals surface area contributed by atoms with Crippen molar-refractivity contribution >= 4 is 10.9 Å². The molecule has 0 aliphatic rings. The molecule has 0 bridgehead atoms. The number of halogens is 3. The van der Waals surface area contributed by atoms with Crippen LogP contribution in [-0.4, -0.2) is 17.8 Å². The number of rotatable bonds is 2.